The molecule has 0 aromatic heterocycles. The van der Waals surface area contributed by atoms with E-state index < -0.39 is 0 Å². The van der Waals surface area contributed by atoms with Gasteiger partial charge < -0.3 is 15.2 Å². The third-order valence-electron chi connectivity index (χ3n) is 3.64. The molecule has 1 unspecified atom stereocenters. The fraction of sp³-hybridized carbons (Fsp3) is 0.250. The highest BCUT2D eigenvalue weighted by Gasteiger charge is 2.23. The van der Waals surface area contributed by atoms with Crippen LogP contribution in [0.25, 0.3) is 0 Å². The summed E-state index contributed by atoms with van der Waals surface area (Å²) in [7, 11) is 1.68. The number of phenols is 1. The summed E-state index contributed by atoms with van der Waals surface area (Å²) in [6.07, 6.45) is 2.04. The molecule has 0 saturated carbocycles. The molecule has 0 heterocycles. The van der Waals surface area contributed by atoms with E-state index in [4.69, 9.17) is 4.74 Å². The molecule has 2 aromatic rings. The largest absolute Gasteiger partial charge is 0.508 e. The van der Waals surface area contributed by atoms with Crippen molar-refractivity contribution in [3.8, 4) is 11.5 Å². The molecular formula is C16H17NO2. The van der Waals surface area contributed by atoms with Gasteiger partial charge in [0.2, 0.25) is 0 Å². The minimum atomic E-state index is 0.284. The number of para-hydroxylation sites is 2. The normalized spacial score (nSPS) is 17.0. The zero-order valence-electron chi connectivity index (χ0n) is 10.9. The summed E-state index contributed by atoms with van der Waals surface area (Å²) in [5.41, 5.74) is 3.51. The topological polar surface area (TPSA) is 41.5 Å². The number of rotatable bonds is 3. The molecule has 98 valence electrons. The Morgan fingerprint density at radius 1 is 1.21 bits per heavy atom. The van der Waals surface area contributed by atoms with Crippen LogP contribution in [-0.2, 0) is 6.42 Å². The first-order chi connectivity index (χ1) is 9.28. The Hall–Kier alpha value is -2.16. The van der Waals surface area contributed by atoms with E-state index in [2.05, 4.69) is 5.32 Å². The maximum atomic E-state index is 9.51. The molecule has 0 saturated heterocycles. The number of aryl methyl sites for hydroxylation is 1. The standard InChI is InChI=1S/C16H17NO2/c1-19-16-5-3-2-4-15(16)17-14-9-6-11-10-12(18)7-8-13(11)14/h2-5,7-8,10,14,17-18H,6,9H2,1H3. The Bertz CT molecular complexity index is 595. The van der Waals surface area contributed by atoms with Crippen molar-refractivity contribution < 1.29 is 9.84 Å². The number of benzene rings is 2. The highest BCUT2D eigenvalue weighted by atomic mass is 16.5. The summed E-state index contributed by atoms with van der Waals surface area (Å²) >= 11 is 0. The minimum Gasteiger partial charge on any atom is -0.508 e. The van der Waals surface area contributed by atoms with Crippen LogP contribution in [0.15, 0.2) is 42.5 Å². The van der Waals surface area contributed by atoms with Crippen LogP contribution >= 0.6 is 0 Å². The molecule has 0 fully saturated rings. The molecule has 0 radical (unpaired) electrons. The average molecular weight is 255 g/mol. The molecule has 0 bridgehead atoms. The maximum absolute atomic E-state index is 9.51. The molecule has 1 aliphatic carbocycles. The third kappa shape index (κ3) is 2.24. The van der Waals surface area contributed by atoms with E-state index in [1.165, 1.54) is 11.1 Å². The lowest BCUT2D eigenvalue weighted by Crippen LogP contribution is -2.07. The zero-order valence-corrected chi connectivity index (χ0v) is 10.9. The molecule has 1 aliphatic rings. The lowest BCUT2D eigenvalue weighted by atomic mass is 10.1. The van der Waals surface area contributed by atoms with Crippen molar-refractivity contribution in [2.75, 3.05) is 12.4 Å². The van der Waals surface area contributed by atoms with Gasteiger partial charge in [0.1, 0.15) is 11.5 Å². The van der Waals surface area contributed by atoms with Crippen LogP contribution in [0.4, 0.5) is 5.69 Å². The van der Waals surface area contributed by atoms with Gasteiger partial charge in [0.15, 0.2) is 0 Å². The quantitative estimate of drug-likeness (QED) is 0.882. The Morgan fingerprint density at radius 2 is 2.05 bits per heavy atom. The van der Waals surface area contributed by atoms with Crippen LogP contribution in [0.2, 0.25) is 0 Å². The number of hydrogen-bond acceptors (Lipinski definition) is 3. The van der Waals surface area contributed by atoms with Gasteiger partial charge in [0.05, 0.1) is 18.8 Å². The van der Waals surface area contributed by atoms with Crippen molar-refractivity contribution in [2.45, 2.75) is 18.9 Å². The van der Waals surface area contributed by atoms with Crippen LogP contribution in [0, 0.1) is 0 Å². The van der Waals surface area contributed by atoms with Gasteiger partial charge in [0, 0.05) is 0 Å². The van der Waals surface area contributed by atoms with E-state index in [1.807, 2.05) is 36.4 Å². The van der Waals surface area contributed by atoms with Crippen LogP contribution in [0.3, 0.4) is 0 Å². The van der Waals surface area contributed by atoms with Gasteiger partial charge in [-0.2, -0.15) is 0 Å². The SMILES string of the molecule is COc1ccccc1NC1CCc2cc(O)ccc21. The van der Waals surface area contributed by atoms with Gasteiger partial charge >= 0.3 is 0 Å². The molecule has 3 rings (SSSR count). The Morgan fingerprint density at radius 3 is 2.89 bits per heavy atom. The third-order valence-corrected chi connectivity index (χ3v) is 3.64. The number of nitrogens with one attached hydrogen (secondary N) is 1. The van der Waals surface area contributed by atoms with E-state index in [0.717, 1.165) is 24.3 Å². The second kappa shape index (κ2) is 4.84. The second-order valence-electron chi connectivity index (χ2n) is 4.82. The summed E-state index contributed by atoms with van der Waals surface area (Å²) < 4.78 is 5.36. The van der Waals surface area contributed by atoms with Crippen molar-refractivity contribution in [3.05, 3.63) is 53.6 Å². The number of anilines is 1. The summed E-state index contributed by atoms with van der Waals surface area (Å²) in [6.45, 7) is 0. The van der Waals surface area contributed by atoms with Crippen molar-refractivity contribution in [2.24, 2.45) is 0 Å². The number of fused-ring (bicyclic) bond motifs is 1. The summed E-state index contributed by atoms with van der Waals surface area (Å²) in [6, 6.07) is 13.8. The maximum Gasteiger partial charge on any atom is 0.141 e. The lowest BCUT2D eigenvalue weighted by molar-refractivity contribution is 0.416. The molecule has 0 amide bonds. The fourth-order valence-electron chi connectivity index (χ4n) is 2.71. The highest BCUT2D eigenvalue weighted by Crippen LogP contribution is 2.37. The van der Waals surface area contributed by atoms with Gasteiger partial charge in [-0.3, -0.25) is 0 Å². The first-order valence-corrected chi connectivity index (χ1v) is 6.49. The molecule has 1 atom stereocenters. The number of aromatic hydroxyl groups is 1. The molecule has 2 N–H and O–H groups in total. The van der Waals surface area contributed by atoms with E-state index in [0.29, 0.717) is 5.75 Å². The van der Waals surface area contributed by atoms with E-state index in [-0.39, 0.29) is 6.04 Å². The molecule has 19 heavy (non-hydrogen) atoms. The van der Waals surface area contributed by atoms with Crippen molar-refractivity contribution in [1.82, 2.24) is 0 Å². The van der Waals surface area contributed by atoms with Crippen molar-refractivity contribution in [1.29, 1.82) is 0 Å². The minimum absolute atomic E-state index is 0.284. The summed E-state index contributed by atoms with van der Waals surface area (Å²) in [5, 5.41) is 13.0. The smallest absolute Gasteiger partial charge is 0.141 e. The Kier molecular flexibility index (Phi) is 3.03. The average Bonchev–Trinajstić information content (AvgIpc) is 2.82. The second-order valence-corrected chi connectivity index (χ2v) is 4.82. The number of phenolic OH excluding ortho intramolecular Hbond substituents is 1. The first-order valence-electron chi connectivity index (χ1n) is 6.49. The number of ether oxygens (including phenoxy) is 1. The fourth-order valence-corrected chi connectivity index (χ4v) is 2.71. The van der Waals surface area contributed by atoms with Crippen LogP contribution in [0.5, 0.6) is 11.5 Å². The Labute approximate surface area is 112 Å². The predicted molar refractivity (Wildman–Crippen MR) is 75.8 cm³/mol. The molecule has 3 nitrogen and oxygen atoms in total. The molecule has 2 aromatic carbocycles. The van der Waals surface area contributed by atoms with Crippen molar-refractivity contribution >= 4 is 5.69 Å². The van der Waals surface area contributed by atoms with E-state index in [9.17, 15) is 5.11 Å². The van der Waals surface area contributed by atoms with Crippen LogP contribution < -0.4 is 10.1 Å². The van der Waals surface area contributed by atoms with Gasteiger partial charge in [-0.1, -0.05) is 18.2 Å². The van der Waals surface area contributed by atoms with E-state index in [1.54, 1.807) is 13.2 Å². The molecule has 0 spiro atoms. The van der Waals surface area contributed by atoms with Gasteiger partial charge in [0.25, 0.3) is 0 Å². The molecule has 3 heteroatoms. The first kappa shape index (κ1) is 11.9. The zero-order chi connectivity index (χ0) is 13.2. The molecule has 0 aliphatic heterocycles. The van der Waals surface area contributed by atoms with Crippen molar-refractivity contribution in [3.63, 3.8) is 0 Å². The number of hydrogen-bond donors (Lipinski definition) is 2. The monoisotopic (exact) mass is 255 g/mol. The van der Waals surface area contributed by atoms with Crippen LogP contribution in [-0.4, -0.2) is 12.2 Å². The summed E-state index contributed by atoms with van der Waals surface area (Å²) in [4.78, 5) is 0. The number of methoxy groups -OCH3 is 1. The highest BCUT2D eigenvalue weighted by molar-refractivity contribution is 5.58. The lowest BCUT2D eigenvalue weighted by Gasteiger charge is -2.17. The van der Waals surface area contributed by atoms with Crippen LogP contribution in [0.1, 0.15) is 23.6 Å². The predicted octanol–water partition coefficient (Wildman–Crippen LogP) is 3.50. The van der Waals surface area contributed by atoms with Gasteiger partial charge in [-0.15, -0.1) is 0 Å². The summed E-state index contributed by atoms with van der Waals surface area (Å²) in [5.74, 6) is 1.20. The van der Waals surface area contributed by atoms with Gasteiger partial charge in [-0.25, -0.2) is 0 Å². The van der Waals surface area contributed by atoms with Gasteiger partial charge in [-0.05, 0) is 48.2 Å². The van der Waals surface area contributed by atoms with E-state index >= 15 is 0 Å². The Balaban J connectivity index is 1.87. The molecular weight excluding hydrogens is 238 g/mol.